The Labute approximate surface area is 179 Å². The Morgan fingerprint density at radius 1 is 1.22 bits per heavy atom. The molecule has 2 N–H and O–H groups in total. The summed E-state index contributed by atoms with van der Waals surface area (Å²) in [6.45, 7) is 0.455. The van der Waals surface area contributed by atoms with Gasteiger partial charge in [0.2, 0.25) is 0 Å². The summed E-state index contributed by atoms with van der Waals surface area (Å²) >= 11 is 0. The fraction of sp³-hybridized carbons (Fsp3) is 0.238. The normalized spacial score (nSPS) is 15.5. The maximum Gasteiger partial charge on any atom is 0.329 e. The maximum atomic E-state index is 13.3. The van der Waals surface area contributed by atoms with Crippen LogP contribution in [0, 0.1) is 5.82 Å². The molecular weight excluding hydrogens is 417 g/mol. The van der Waals surface area contributed by atoms with Crippen molar-refractivity contribution in [1.82, 2.24) is 34.6 Å². The summed E-state index contributed by atoms with van der Waals surface area (Å²) in [5, 5.41) is 11.6. The van der Waals surface area contributed by atoms with Crippen LogP contribution in [0.5, 0.6) is 0 Å². The van der Waals surface area contributed by atoms with Crippen LogP contribution in [0.1, 0.15) is 22.6 Å². The second-order valence-electron chi connectivity index (χ2n) is 7.68. The number of carbonyl (C=O) groups is 1. The zero-order chi connectivity index (χ0) is 22.4. The van der Waals surface area contributed by atoms with Crippen molar-refractivity contribution in [2.45, 2.75) is 25.4 Å². The first-order chi connectivity index (χ1) is 15.4. The lowest BCUT2D eigenvalue weighted by atomic mass is 10.1. The highest BCUT2D eigenvalue weighted by Gasteiger charge is 2.25. The van der Waals surface area contributed by atoms with Crippen molar-refractivity contribution in [2.75, 3.05) is 0 Å². The second kappa shape index (κ2) is 7.52. The van der Waals surface area contributed by atoms with Crippen LogP contribution in [0.15, 0.2) is 46.1 Å². The Morgan fingerprint density at radius 3 is 2.78 bits per heavy atom. The van der Waals surface area contributed by atoms with E-state index in [1.165, 1.54) is 36.0 Å². The molecule has 11 heteroatoms. The van der Waals surface area contributed by atoms with Crippen LogP contribution >= 0.6 is 0 Å². The highest BCUT2D eigenvalue weighted by molar-refractivity contribution is 5.96. The van der Waals surface area contributed by atoms with Crippen molar-refractivity contribution < 1.29 is 9.18 Å². The predicted molar refractivity (Wildman–Crippen MR) is 113 cm³/mol. The van der Waals surface area contributed by atoms with Gasteiger partial charge in [0.15, 0.2) is 5.82 Å². The summed E-state index contributed by atoms with van der Waals surface area (Å²) in [6, 6.07) is 7.24. The molecule has 1 aromatic carbocycles. The van der Waals surface area contributed by atoms with Crippen LogP contribution in [0.25, 0.3) is 22.4 Å². The van der Waals surface area contributed by atoms with E-state index >= 15 is 0 Å². The third-order valence-corrected chi connectivity index (χ3v) is 5.60. The highest BCUT2D eigenvalue weighted by atomic mass is 19.1. The Hall–Kier alpha value is -4.15. The molecule has 0 saturated carbocycles. The zero-order valence-electron chi connectivity index (χ0n) is 17.0. The molecule has 0 spiro atoms. The lowest BCUT2D eigenvalue weighted by molar-refractivity contribution is 0.0927. The largest absolute Gasteiger partial charge is 0.347 e. The Kier molecular flexibility index (Phi) is 4.65. The molecule has 10 nitrogen and oxygen atoms in total. The quantitative estimate of drug-likeness (QED) is 0.489. The summed E-state index contributed by atoms with van der Waals surface area (Å²) in [6.07, 6.45) is 2.63. The van der Waals surface area contributed by atoms with E-state index in [0.717, 1.165) is 11.4 Å². The van der Waals surface area contributed by atoms with Gasteiger partial charge in [0.05, 0.1) is 10.9 Å². The average molecular weight is 435 g/mol. The standard InChI is InChI=1S/C21H18FN7O3/c1-28-18-15(20(31)25-21(28)32)8-12(9-23-18)19(30)24-14-6-7-16-26-27-17(29(16)10-14)11-2-4-13(22)5-3-11/h2-5,8-9,14H,6-7,10H2,1H3,(H,24,30)(H,25,31,32). The summed E-state index contributed by atoms with van der Waals surface area (Å²) < 4.78 is 16.4. The van der Waals surface area contributed by atoms with Crippen LogP contribution in [-0.2, 0) is 20.0 Å². The van der Waals surface area contributed by atoms with Crippen LogP contribution in [0.3, 0.4) is 0 Å². The number of nitrogens with one attached hydrogen (secondary N) is 2. The smallest absolute Gasteiger partial charge is 0.329 e. The van der Waals surface area contributed by atoms with E-state index in [0.29, 0.717) is 25.2 Å². The lowest BCUT2D eigenvalue weighted by Crippen LogP contribution is -2.41. The molecule has 0 saturated heterocycles. The van der Waals surface area contributed by atoms with E-state index in [2.05, 4.69) is 25.5 Å². The molecule has 1 unspecified atom stereocenters. The molecule has 4 heterocycles. The number of hydrogen-bond donors (Lipinski definition) is 2. The van der Waals surface area contributed by atoms with Gasteiger partial charge in [-0.2, -0.15) is 0 Å². The lowest BCUT2D eigenvalue weighted by Gasteiger charge is -2.25. The van der Waals surface area contributed by atoms with Gasteiger partial charge in [-0.1, -0.05) is 0 Å². The van der Waals surface area contributed by atoms with Crippen LogP contribution in [-0.4, -0.2) is 41.2 Å². The third kappa shape index (κ3) is 3.37. The van der Waals surface area contributed by atoms with Crippen molar-refractivity contribution in [1.29, 1.82) is 0 Å². The number of hydrogen-bond acceptors (Lipinski definition) is 6. The minimum absolute atomic E-state index is 0.156. The first kappa shape index (κ1) is 19.8. The summed E-state index contributed by atoms with van der Waals surface area (Å²) in [4.78, 5) is 43.0. The van der Waals surface area contributed by atoms with E-state index in [4.69, 9.17) is 0 Å². The topological polar surface area (TPSA) is 128 Å². The molecule has 32 heavy (non-hydrogen) atoms. The molecular formula is C21H18FN7O3. The van der Waals surface area contributed by atoms with Gasteiger partial charge in [-0.15, -0.1) is 10.2 Å². The number of nitrogens with zero attached hydrogens (tertiary/aromatic N) is 5. The summed E-state index contributed by atoms with van der Waals surface area (Å²) in [5.74, 6) is 0.700. The predicted octanol–water partition coefficient (Wildman–Crippen LogP) is 0.764. The minimum Gasteiger partial charge on any atom is -0.347 e. The van der Waals surface area contributed by atoms with E-state index in [9.17, 15) is 18.8 Å². The van der Waals surface area contributed by atoms with Gasteiger partial charge in [0, 0.05) is 37.8 Å². The number of aromatic nitrogens is 6. The minimum atomic E-state index is -0.596. The van der Waals surface area contributed by atoms with Crippen molar-refractivity contribution in [3.05, 3.63) is 74.6 Å². The fourth-order valence-electron chi connectivity index (χ4n) is 3.89. The molecule has 0 fully saturated rings. The average Bonchev–Trinajstić information content (AvgIpc) is 3.21. The number of benzene rings is 1. The van der Waals surface area contributed by atoms with Gasteiger partial charge >= 0.3 is 5.69 Å². The number of aryl methyl sites for hydroxylation is 2. The SMILES string of the molecule is Cn1c(=O)[nH]c(=O)c2cc(C(=O)NC3CCc4nnc(-c5ccc(F)cc5)n4C3)cnc21. The molecule has 1 aliphatic rings. The maximum absolute atomic E-state index is 13.3. The molecule has 0 bridgehead atoms. The molecule has 3 aromatic heterocycles. The van der Waals surface area contributed by atoms with Gasteiger partial charge in [-0.05, 0) is 36.8 Å². The number of amides is 1. The number of H-pyrrole nitrogens is 1. The Balaban J connectivity index is 1.39. The monoisotopic (exact) mass is 435 g/mol. The van der Waals surface area contributed by atoms with E-state index in [-0.39, 0.29) is 34.4 Å². The molecule has 5 rings (SSSR count). The van der Waals surface area contributed by atoms with Crippen molar-refractivity contribution in [3.8, 4) is 11.4 Å². The van der Waals surface area contributed by atoms with Gasteiger partial charge in [-0.3, -0.25) is 19.1 Å². The summed E-state index contributed by atoms with van der Waals surface area (Å²) in [5.41, 5.74) is -0.0150. The van der Waals surface area contributed by atoms with Crippen LogP contribution in [0.2, 0.25) is 0 Å². The van der Waals surface area contributed by atoms with E-state index in [1.54, 1.807) is 12.1 Å². The van der Waals surface area contributed by atoms with Gasteiger partial charge in [0.25, 0.3) is 11.5 Å². The van der Waals surface area contributed by atoms with Crippen molar-refractivity contribution in [3.63, 3.8) is 0 Å². The Morgan fingerprint density at radius 2 is 2.00 bits per heavy atom. The first-order valence-electron chi connectivity index (χ1n) is 9.98. The number of pyridine rings is 1. The number of rotatable bonds is 3. The molecule has 0 aliphatic carbocycles. The van der Waals surface area contributed by atoms with Crippen LogP contribution < -0.4 is 16.6 Å². The zero-order valence-corrected chi connectivity index (χ0v) is 17.0. The third-order valence-electron chi connectivity index (χ3n) is 5.60. The van der Waals surface area contributed by atoms with Crippen molar-refractivity contribution >= 4 is 16.9 Å². The van der Waals surface area contributed by atoms with E-state index in [1.807, 2.05) is 4.57 Å². The number of aromatic amines is 1. The van der Waals surface area contributed by atoms with Gasteiger partial charge in [0.1, 0.15) is 17.3 Å². The molecule has 162 valence electrons. The highest BCUT2D eigenvalue weighted by Crippen LogP contribution is 2.23. The molecule has 4 aromatic rings. The first-order valence-corrected chi connectivity index (χ1v) is 9.98. The molecule has 0 radical (unpaired) electrons. The number of halogens is 1. The van der Waals surface area contributed by atoms with Gasteiger partial charge in [-0.25, -0.2) is 14.2 Å². The van der Waals surface area contributed by atoms with Gasteiger partial charge < -0.3 is 9.88 Å². The van der Waals surface area contributed by atoms with Crippen LogP contribution in [0.4, 0.5) is 4.39 Å². The Bertz CT molecular complexity index is 1470. The van der Waals surface area contributed by atoms with Crippen molar-refractivity contribution in [2.24, 2.45) is 7.05 Å². The second-order valence-corrected chi connectivity index (χ2v) is 7.68. The molecule has 1 amide bonds. The molecule has 1 atom stereocenters. The molecule has 1 aliphatic heterocycles. The number of carbonyl (C=O) groups excluding carboxylic acids is 1. The fourth-order valence-corrected chi connectivity index (χ4v) is 3.89. The number of fused-ring (bicyclic) bond motifs is 2. The van der Waals surface area contributed by atoms with E-state index < -0.39 is 11.2 Å². The summed E-state index contributed by atoms with van der Waals surface area (Å²) in [7, 11) is 1.49.